The Morgan fingerprint density at radius 1 is 1.46 bits per heavy atom. The molecule has 0 aliphatic carbocycles. The third-order valence-electron chi connectivity index (χ3n) is 3.56. The number of hydrogen-bond acceptors (Lipinski definition) is 7. The lowest BCUT2D eigenvalue weighted by atomic mass is 10.2. The molecular formula is C13H17F3N6O5S. The second kappa shape index (κ2) is 8.24. The normalized spacial score (nSPS) is 16.8. The number of carboxylic acid groups (broad SMARTS) is 1. The Labute approximate surface area is 157 Å². The monoisotopic (exact) mass is 426 g/mol. The van der Waals surface area contributed by atoms with Crippen molar-refractivity contribution in [1.29, 1.82) is 0 Å². The van der Waals surface area contributed by atoms with E-state index in [-0.39, 0.29) is 17.7 Å². The van der Waals surface area contributed by atoms with Gasteiger partial charge in [-0.05, 0) is 6.92 Å². The number of hydrogen-bond donors (Lipinski definition) is 2. The molecule has 0 amide bonds. The number of aliphatic carboxylic acids is 1. The molecule has 0 radical (unpaired) electrons. The van der Waals surface area contributed by atoms with Crippen LogP contribution in [0.15, 0.2) is 17.6 Å². The molecule has 0 saturated heterocycles. The molecule has 1 aliphatic rings. The van der Waals surface area contributed by atoms with E-state index in [1.165, 1.54) is 12.5 Å². The third kappa shape index (κ3) is 5.49. The van der Waals surface area contributed by atoms with E-state index in [1.54, 1.807) is 16.3 Å². The number of carbonyl (C=O) groups is 1. The number of alkyl halides is 3. The van der Waals surface area contributed by atoms with Crippen molar-refractivity contribution in [2.45, 2.75) is 37.4 Å². The number of nitrogens with zero attached hydrogens (tertiary/aromatic N) is 5. The molecule has 2 aromatic heterocycles. The third-order valence-corrected chi connectivity index (χ3v) is 4.87. The van der Waals surface area contributed by atoms with E-state index in [0.29, 0.717) is 13.2 Å². The summed E-state index contributed by atoms with van der Waals surface area (Å²) in [7, 11) is -1.91. The van der Waals surface area contributed by atoms with Crippen LogP contribution in [-0.4, -0.2) is 62.9 Å². The van der Waals surface area contributed by atoms with Crippen molar-refractivity contribution >= 4 is 16.0 Å². The maximum absolute atomic E-state index is 12.1. The highest BCUT2D eigenvalue weighted by Gasteiger charge is 2.38. The maximum atomic E-state index is 12.1. The van der Waals surface area contributed by atoms with Crippen molar-refractivity contribution in [2.75, 3.05) is 6.54 Å². The van der Waals surface area contributed by atoms with Crippen LogP contribution >= 0.6 is 0 Å². The van der Waals surface area contributed by atoms with Gasteiger partial charge in [-0.1, -0.05) is 5.21 Å². The molecule has 2 N–H and O–H groups in total. The number of rotatable bonds is 4. The zero-order valence-corrected chi connectivity index (χ0v) is 15.5. The number of nitrogens with one attached hydrogen (secondary N) is 1. The van der Waals surface area contributed by atoms with Crippen LogP contribution in [-0.2, 0) is 39.8 Å². The van der Waals surface area contributed by atoms with E-state index in [1.807, 2.05) is 6.92 Å². The van der Waals surface area contributed by atoms with Crippen LogP contribution in [0.25, 0.3) is 0 Å². The van der Waals surface area contributed by atoms with Gasteiger partial charge in [-0.25, -0.2) is 27.6 Å². The Morgan fingerprint density at radius 2 is 2.11 bits per heavy atom. The number of aromatic nitrogens is 5. The number of halogens is 3. The highest BCUT2D eigenvalue weighted by Crippen LogP contribution is 2.15. The first kappa shape index (κ1) is 21.8. The van der Waals surface area contributed by atoms with Gasteiger partial charge in [-0.2, -0.15) is 13.2 Å². The predicted molar refractivity (Wildman–Crippen MR) is 85.4 cm³/mol. The molecule has 3 heterocycles. The molecule has 0 fully saturated rings. The van der Waals surface area contributed by atoms with Crippen molar-refractivity contribution < 1.29 is 36.2 Å². The average molecular weight is 426 g/mol. The number of fused-ring (bicyclic) bond motifs is 1. The highest BCUT2D eigenvalue weighted by atomic mass is 32.2. The minimum Gasteiger partial charge on any atom is -0.475 e. The fourth-order valence-electron chi connectivity index (χ4n) is 2.12. The summed E-state index contributed by atoms with van der Waals surface area (Å²) in [6, 6.07) is 0. The predicted octanol–water partition coefficient (Wildman–Crippen LogP) is -0.169. The standard InChI is InChI=1S/C11H16N6O3S.C2HF3O2/c1-8-10-6-20-9(4-17(10)15-14-8)3-13-21(18,19)11-5-16(2)7-12-11;3-2(4,5)1(6)7/h5,7,9,13H,3-4,6H2,1-2H3;(H,6,7). The smallest absolute Gasteiger partial charge is 0.475 e. The Bertz CT molecular complexity index is 939. The van der Waals surface area contributed by atoms with Crippen molar-refractivity contribution in [1.82, 2.24) is 29.3 Å². The van der Waals surface area contributed by atoms with Gasteiger partial charge in [0.15, 0.2) is 5.03 Å². The first-order valence-corrected chi connectivity index (χ1v) is 9.16. The van der Waals surface area contributed by atoms with Crippen LogP contribution in [0.1, 0.15) is 11.4 Å². The minimum absolute atomic E-state index is 0.00176. The zero-order chi connectivity index (χ0) is 21.1. The molecule has 15 heteroatoms. The lowest BCUT2D eigenvalue weighted by molar-refractivity contribution is -0.192. The van der Waals surface area contributed by atoms with Gasteiger partial charge in [0.2, 0.25) is 0 Å². The van der Waals surface area contributed by atoms with E-state index >= 15 is 0 Å². The second-order valence-corrected chi connectivity index (χ2v) is 7.48. The van der Waals surface area contributed by atoms with E-state index in [4.69, 9.17) is 14.6 Å². The van der Waals surface area contributed by atoms with Gasteiger partial charge in [-0.15, -0.1) is 5.10 Å². The fourth-order valence-corrected chi connectivity index (χ4v) is 3.16. The quantitative estimate of drug-likeness (QED) is 0.687. The Morgan fingerprint density at radius 3 is 2.64 bits per heavy atom. The molecule has 11 nitrogen and oxygen atoms in total. The van der Waals surface area contributed by atoms with E-state index < -0.39 is 22.2 Å². The van der Waals surface area contributed by atoms with Gasteiger partial charge in [-0.3, -0.25) is 0 Å². The molecule has 1 aliphatic heterocycles. The van der Waals surface area contributed by atoms with E-state index in [9.17, 15) is 21.6 Å². The fraction of sp³-hybridized carbons (Fsp3) is 0.538. The molecule has 0 aromatic carbocycles. The molecule has 2 aromatic rings. The number of carboxylic acids is 1. The first-order valence-electron chi connectivity index (χ1n) is 7.68. The Kier molecular flexibility index (Phi) is 6.41. The molecule has 0 saturated carbocycles. The second-order valence-electron chi connectivity index (χ2n) is 5.77. The summed E-state index contributed by atoms with van der Waals surface area (Å²) in [5, 5.41) is 15.1. The zero-order valence-electron chi connectivity index (χ0n) is 14.7. The lowest BCUT2D eigenvalue weighted by Crippen LogP contribution is -2.39. The summed E-state index contributed by atoms with van der Waals surface area (Å²) in [5.41, 5.74) is 1.77. The van der Waals surface area contributed by atoms with Gasteiger partial charge < -0.3 is 14.4 Å². The minimum atomic E-state index is -5.08. The van der Waals surface area contributed by atoms with Crippen molar-refractivity contribution in [3.63, 3.8) is 0 Å². The summed E-state index contributed by atoms with van der Waals surface area (Å²) < 4.78 is 67.3. The Hall–Kier alpha value is -2.52. The van der Waals surface area contributed by atoms with Crippen molar-refractivity contribution in [2.24, 2.45) is 7.05 Å². The largest absolute Gasteiger partial charge is 0.490 e. The first-order chi connectivity index (χ1) is 12.9. The summed E-state index contributed by atoms with van der Waals surface area (Å²) in [6.45, 7) is 2.89. The van der Waals surface area contributed by atoms with E-state index in [0.717, 1.165) is 11.4 Å². The van der Waals surface area contributed by atoms with Crippen LogP contribution in [0.5, 0.6) is 0 Å². The molecule has 0 spiro atoms. The van der Waals surface area contributed by atoms with Crippen LogP contribution in [0.4, 0.5) is 13.2 Å². The van der Waals surface area contributed by atoms with Crippen molar-refractivity contribution in [3.8, 4) is 0 Å². The van der Waals surface area contributed by atoms with Crippen LogP contribution < -0.4 is 4.72 Å². The summed E-state index contributed by atoms with van der Waals surface area (Å²) in [6.07, 6.45) is -2.48. The maximum Gasteiger partial charge on any atom is 0.490 e. The summed E-state index contributed by atoms with van der Waals surface area (Å²) >= 11 is 0. The molecule has 156 valence electrons. The number of ether oxygens (including phenoxy) is 1. The van der Waals surface area contributed by atoms with Gasteiger partial charge >= 0.3 is 12.1 Å². The number of aryl methyl sites for hydroxylation is 2. The van der Waals surface area contributed by atoms with Crippen LogP contribution in [0, 0.1) is 6.92 Å². The lowest BCUT2D eigenvalue weighted by Gasteiger charge is -2.23. The molecular weight excluding hydrogens is 409 g/mol. The number of sulfonamides is 1. The van der Waals surface area contributed by atoms with Gasteiger partial charge in [0.25, 0.3) is 10.0 Å². The molecule has 1 unspecified atom stereocenters. The van der Waals surface area contributed by atoms with Crippen LogP contribution in [0.3, 0.4) is 0 Å². The topological polar surface area (TPSA) is 141 Å². The average Bonchev–Trinajstić information content (AvgIpc) is 3.19. The van der Waals surface area contributed by atoms with Crippen LogP contribution in [0.2, 0.25) is 0 Å². The molecule has 28 heavy (non-hydrogen) atoms. The molecule has 0 bridgehead atoms. The molecule has 1 atom stereocenters. The number of imidazole rings is 1. The van der Waals surface area contributed by atoms with Gasteiger partial charge in [0.05, 0.1) is 37.0 Å². The van der Waals surface area contributed by atoms with Gasteiger partial charge in [0.1, 0.15) is 0 Å². The van der Waals surface area contributed by atoms with Gasteiger partial charge in [0, 0.05) is 19.8 Å². The van der Waals surface area contributed by atoms with E-state index in [2.05, 4.69) is 20.0 Å². The SMILES string of the molecule is Cc1nnn2c1COC(CNS(=O)(=O)c1cn(C)cn1)C2.O=C(O)C(F)(F)F. The highest BCUT2D eigenvalue weighted by molar-refractivity contribution is 7.89. The Balaban J connectivity index is 0.000000345. The molecule has 3 rings (SSSR count). The summed E-state index contributed by atoms with van der Waals surface area (Å²) in [5.74, 6) is -2.76. The van der Waals surface area contributed by atoms with Crippen molar-refractivity contribution in [3.05, 3.63) is 23.9 Å². The summed E-state index contributed by atoms with van der Waals surface area (Å²) in [4.78, 5) is 12.7.